The van der Waals surface area contributed by atoms with E-state index in [0.717, 1.165) is 18.2 Å². The van der Waals surface area contributed by atoms with E-state index in [1.165, 1.54) is 12.1 Å². The van der Waals surface area contributed by atoms with Crippen LogP contribution in [0.25, 0.3) is 22.3 Å². The van der Waals surface area contributed by atoms with Gasteiger partial charge in [0.1, 0.15) is 34.0 Å². The van der Waals surface area contributed by atoms with Gasteiger partial charge in [-0.3, -0.25) is 9.78 Å². The Bertz CT molecular complexity index is 1160. The molecule has 0 aliphatic rings. The Morgan fingerprint density at radius 2 is 1.46 bits per heavy atom. The fourth-order valence-electron chi connectivity index (χ4n) is 2.48. The third-order valence-electron chi connectivity index (χ3n) is 3.73. The molecule has 0 unspecified atom stereocenters. The molecule has 0 aliphatic carbocycles. The highest BCUT2D eigenvalue weighted by atomic mass is 16.4. The van der Waals surface area contributed by atoms with Crippen molar-refractivity contribution < 1.29 is 29.9 Å². The van der Waals surface area contributed by atoms with Gasteiger partial charge in [0.05, 0.1) is 5.56 Å². The molecule has 0 spiro atoms. The minimum Gasteiger partial charge on any atom is -0.508 e. The Hall–Kier alpha value is -4.20. The number of hydrogen-bond donors (Lipinski definition) is 5. The lowest BCUT2D eigenvalue weighted by Gasteiger charge is -2.09. The summed E-state index contributed by atoms with van der Waals surface area (Å²) >= 11 is 0. The van der Waals surface area contributed by atoms with Gasteiger partial charge in [-0.2, -0.15) is 0 Å². The first kappa shape index (κ1) is 18.6. The zero-order valence-electron chi connectivity index (χ0n) is 14.3. The van der Waals surface area contributed by atoms with E-state index in [4.69, 9.17) is 4.42 Å². The van der Waals surface area contributed by atoms with Crippen molar-refractivity contribution in [3.05, 3.63) is 71.1 Å². The molecule has 8 nitrogen and oxygen atoms in total. The summed E-state index contributed by atoms with van der Waals surface area (Å²) in [7, 11) is 0. The fourth-order valence-corrected chi connectivity index (χ4v) is 2.48. The normalized spacial score (nSPS) is 10.3. The van der Waals surface area contributed by atoms with Gasteiger partial charge in [-0.25, -0.2) is 0 Å². The van der Waals surface area contributed by atoms with Crippen LogP contribution >= 0.6 is 0 Å². The number of rotatable bonds is 1. The van der Waals surface area contributed by atoms with Crippen molar-refractivity contribution in [2.24, 2.45) is 0 Å². The zero-order chi connectivity index (χ0) is 20.3. The van der Waals surface area contributed by atoms with Crippen molar-refractivity contribution in [2.45, 2.75) is 0 Å². The first-order chi connectivity index (χ1) is 13.4. The van der Waals surface area contributed by atoms with Gasteiger partial charge < -0.3 is 29.9 Å². The standard InChI is InChI=1S/C15H10O7.C5H5N/c16-6-1-2-8(9(18)3-6)15-14(21)13(20)12-10(19)4-7(17)5-11(12)22-15;1-2-4-6-5-3-1/h1-5,16-19,21H;1-5H. The van der Waals surface area contributed by atoms with E-state index in [1.807, 2.05) is 18.2 Å². The maximum absolute atomic E-state index is 12.2. The van der Waals surface area contributed by atoms with Gasteiger partial charge in [-0.15, -0.1) is 0 Å². The lowest BCUT2D eigenvalue weighted by Crippen LogP contribution is -2.03. The van der Waals surface area contributed by atoms with Crippen LogP contribution in [-0.2, 0) is 0 Å². The molecule has 0 saturated carbocycles. The van der Waals surface area contributed by atoms with E-state index in [2.05, 4.69) is 4.98 Å². The Kier molecular flexibility index (Phi) is 5.03. The number of pyridine rings is 1. The van der Waals surface area contributed by atoms with Crippen molar-refractivity contribution in [3.63, 3.8) is 0 Å². The molecule has 0 radical (unpaired) electrons. The Morgan fingerprint density at radius 3 is 2.04 bits per heavy atom. The van der Waals surface area contributed by atoms with Crippen molar-refractivity contribution in [2.75, 3.05) is 0 Å². The topological polar surface area (TPSA) is 144 Å². The highest BCUT2D eigenvalue weighted by Gasteiger charge is 2.20. The number of nitrogens with zero attached hydrogens (tertiary/aromatic N) is 1. The van der Waals surface area contributed by atoms with Crippen LogP contribution in [0.15, 0.2) is 70.1 Å². The number of aromatic nitrogens is 1. The summed E-state index contributed by atoms with van der Waals surface area (Å²) in [6.45, 7) is 0. The van der Waals surface area contributed by atoms with E-state index >= 15 is 0 Å². The molecular formula is C20H15NO7. The second-order valence-corrected chi connectivity index (χ2v) is 5.67. The number of aromatic hydroxyl groups is 5. The molecule has 2 heterocycles. The van der Waals surface area contributed by atoms with Gasteiger partial charge in [-0.05, 0) is 24.3 Å². The summed E-state index contributed by atoms with van der Waals surface area (Å²) in [5.41, 5.74) is -1.11. The molecule has 4 rings (SSSR count). The second-order valence-electron chi connectivity index (χ2n) is 5.67. The van der Waals surface area contributed by atoms with E-state index in [-0.39, 0.29) is 33.8 Å². The molecule has 0 atom stereocenters. The van der Waals surface area contributed by atoms with Gasteiger partial charge in [0.25, 0.3) is 0 Å². The van der Waals surface area contributed by atoms with Crippen molar-refractivity contribution in [1.29, 1.82) is 0 Å². The molecule has 0 amide bonds. The van der Waals surface area contributed by atoms with Gasteiger partial charge in [0, 0.05) is 30.6 Å². The molecule has 0 fully saturated rings. The Labute approximate surface area is 157 Å². The van der Waals surface area contributed by atoms with Crippen molar-refractivity contribution >= 4 is 11.0 Å². The summed E-state index contributed by atoms with van der Waals surface area (Å²) in [5.74, 6) is -2.66. The summed E-state index contributed by atoms with van der Waals surface area (Å²) in [4.78, 5) is 15.9. The third-order valence-corrected chi connectivity index (χ3v) is 3.73. The third kappa shape index (κ3) is 3.65. The monoisotopic (exact) mass is 381 g/mol. The van der Waals surface area contributed by atoms with E-state index in [1.54, 1.807) is 12.4 Å². The highest BCUT2D eigenvalue weighted by Crippen LogP contribution is 2.39. The van der Waals surface area contributed by atoms with Crippen LogP contribution in [0.5, 0.6) is 28.7 Å². The predicted molar refractivity (Wildman–Crippen MR) is 100 cm³/mol. The van der Waals surface area contributed by atoms with Crippen LogP contribution < -0.4 is 5.43 Å². The van der Waals surface area contributed by atoms with Crippen LogP contribution in [0.2, 0.25) is 0 Å². The number of phenolic OH excluding ortho intramolecular Hbond substituents is 4. The molecule has 5 N–H and O–H groups in total. The molecule has 4 aromatic rings. The molecule has 0 saturated heterocycles. The van der Waals surface area contributed by atoms with Gasteiger partial charge in [0.2, 0.25) is 11.2 Å². The molecule has 0 bridgehead atoms. The first-order valence-corrected chi connectivity index (χ1v) is 7.97. The SMILES string of the molecule is O=c1c(O)c(-c2ccc(O)cc2O)oc2cc(O)cc(O)c12.c1ccncc1. The average Bonchev–Trinajstić information content (AvgIpc) is 2.66. The maximum atomic E-state index is 12.2. The van der Waals surface area contributed by atoms with Crippen LogP contribution in [0.1, 0.15) is 0 Å². The lowest BCUT2D eigenvalue weighted by atomic mass is 10.1. The minimum absolute atomic E-state index is 0.0304. The first-order valence-electron chi connectivity index (χ1n) is 7.97. The van der Waals surface area contributed by atoms with E-state index in [0.29, 0.717) is 0 Å². The Balaban J connectivity index is 0.000000320. The maximum Gasteiger partial charge on any atom is 0.238 e. The number of hydrogen-bond acceptors (Lipinski definition) is 8. The number of benzene rings is 2. The van der Waals surface area contributed by atoms with E-state index < -0.39 is 22.7 Å². The van der Waals surface area contributed by atoms with Crippen molar-refractivity contribution in [3.8, 4) is 40.1 Å². The van der Waals surface area contributed by atoms with Crippen LogP contribution in [0.4, 0.5) is 0 Å². The van der Waals surface area contributed by atoms with Crippen molar-refractivity contribution in [1.82, 2.24) is 4.98 Å². The molecule has 2 aromatic carbocycles. The average molecular weight is 381 g/mol. The number of fused-ring (bicyclic) bond motifs is 1. The lowest BCUT2D eigenvalue weighted by molar-refractivity contribution is 0.433. The van der Waals surface area contributed by atoms with Crippen LogP contribution in [0.3, 0.4) is 0 Å². The van der Waals surface area contributed by atoms with Gasteiger partial charge >= 0.3 is 0 Å². The summed E-state index contributed by atoms with van der Waals surface area (Å²) < 4.78 is 5.33. The van der Waals surface area contributed by atoms with Crippen LogP contribution in [-0.4, -0.2) is 30.5 Å². The van der Waals surface area contributed by atoms with Crippen LogP contribution in [0, 0.1) is 0 Å². The molecule has 0 aliphatic heterocycles. The summed E-state index contributed by atoms with van der Waals surface area (Å²) in [6, 6.07) is 11.2. The van der Waals surface area contributed by atoms with E-state index in [9.17, 15) is 30.3 Å². The minimum atomic E-state index is -0.916. The molecule has 28 heavy (non-hydrogen) atoms. The Morgan fingerprint density at radius 1 is 0.786 bits per heavy atom. The molecule has 2 aromatic heterocycles. The largest absolute Gasteiger partial charge is 0.508 e. The quantitative estimate of drug-likeness (QED) is 0.338. The zero-order valence-corrected chi connectivity index (χ0v) is 14.3. The fraction of sp³-hybridized carbons (Fsp3) is 0. The molecular weight excluding hydrogens is 366 g/mol. The van der Waals surface area contributed by atoms with Gasteiger partial charge in [-0.1, -0.05) is 6.07 Å². The highest BCUT2D eigenvalue weighted by molar-refractivity contribution is 5.88. The predicted octanol–water partition coefficient (Wildman–Crippen LogP) is 3.07. The second kappa shape index (κ2) is 7.58. The molecule has 8 heteroatoms. The summed E-state index contributed by atoms with van der Waals surface area (Å²) in [6.07, 6.45) is 3.50. The summed E-state index contributed by atoms with van der Waals surface area (Å²) in [5, 5.41) is 47.9. The number of phenols is 4. The molecule has 142 valence electrons. The van der Waals surface area contributed by atoms with Gasteiger partial charge in [0.15, 0.2) is 5.76 Å². The smallest absolute Gasteiger partial charge is 0.238 e.